The molecule has 0 N–H and O–H groups in total. The Bertz CT molecular complexity index is 3470. The molecular weight excluding hydrogens is 715 g/mol. The summed E-state index contributed by atoms with van der Waals surface area (Å²) in [5.41, 5.74) is 12.6. The summed E-state index contributed by atoms with van der Waals surface area (Å²) in [6.45, 7) is 4.51. The molecule has 0 bridgehead atoms. The van der Waals surface area contributed by atoms with Crippen LogP contribution in [0, 0.1) is 0 Å². The number of hydrogen-bond acceptors (Lipinski definition) is 1. The molecule has 10 aromatic rings. The smallest absolute Gasteiger partial charge is 0.143 e. The average molecular weight is 741 g/mol. The van der Waals surface area contributed by atoms with Crippen molar-refractivity contribution in [2.45, 2.75) is 19.3 Å². The Hall–Kier alpha value is -5.92. The molecule has 1 aliphatic carbocycles. The lowest BCUT2D eigenvalue weighted by Crippen LogP contribution is -2.50. The first kappa shape index (κ1) is 37.1. The van der Waals surface area contributed by atoms with E-state index in [4.69, 9.17) is 67.2 Å². The Morgan fingerprint density at radius 1 is 0.383 bits per heavy atom. The number of fused-ring (bicyclic) bond motifs is 10. The van der Waals surface area contributed by atoms with Gasteiger partial charge >= 0.3 is 0 Å². The van der Waals surface area contributed by atoms with Crippen LogP contribution in [-0.4, -0.2) is 62.8 Å². The first-order valence-electron chi connectivity index (χ1n) is 19.8. The molecule has 16 radical (unpaired) electrons. The molecule has 9 heteroatoms. The van der Waals surface area contributed by atoms with Crippen LogP contribution in [0.15, 0.2) is 126 Å². The molecule has 0 unspecified atom stereocenters. The third-order valence-electron chi connectivity index (χ3n) is 13.0. The van der Waals surface area contributed by atoms with Gasteiger partial charge in [-0.05, 0) is 107 Å². The van der Waals surface area contributed by atoms with Gasteiger partial charge in [-0.3, -0.25) is 0 Å². The van der Waals surface area contributed by atoms with Crippen LogP contribution in [0.5, 0.6) is 0 Å². The molecule has 0 aliphatic heterocycles. The molecule has 0 fully saturated rings. The van der Waals surface area contributed by atoms with Gasteiger partial charge < -0.3 is 4.42 Å². The van der Waals surface area contributed by atoms with Crippen LogP contribution in [0.25, 0.3) is 98.8 Å². The molecule has 9 aromatic carbocycles. The fourth-order valence-electron chi connectivity index (χ4n) is 9.97. The molecule has 11 rings (SSSR count). The van der Waals surface area contributed by atoms with Crippen LogP contribution in [0.1, 0.15) is 25.0 Å². The molecule has 0 amide bonds. The van der Waals surface area contributed by atoms with Crippen LogP contribution in [0.4, 0.5) is 0 Å². The van der Waals surface area contributed by atoms with Crippen molar-refractivity contribution in [2.75, 3.05) is 0 Å². The fraction of sp³-hybridized carbons (Fsp3) is 0.0588. The molecule has 60 heavy (non-hydrogen) atoms. The van der Waals surface area contributed by atoms with Crippen molar-refractivity contribution in [3.8, 4) is 44.5 Å². The van der Waals surface area contributed by atoms with Gasteiger partial charge in [0.15, 0.2) is 0 Å². The van der Waals surface area contributed by atoms with Gasteiger partial charge in [-0.1, -0.05) is 133 Å². The van der Waals surface area contributed by atoms with E-state index in [-0.39, 0.29) is 49.1 Å². The third kappa shape index (κ3) is 4.93. The van der Waals surface area contributed by atoms with Crippen LogP contribution in [0.3, 0.4) is 0 Å². The topological polar surface area (TPSA) is 13.1 Å². The quantitative estimate of drug-likeness (QED) is 0.189. The third-order valence-corrected chi connectivity index (χ3v) is 13.0. The molecule has 0 spiro atoms. The van der Waals surface area contributed by atoms with Crippen molar-refractivity contribution in [2.24, 2.45) is 0 Å². The molecule has 260 valence electrons. The Balaban J connectivity index is 1.28. The number of rotatable bonds is 3. The summed E-state index contributed by atoms with van der Waals surface area (Å²) in [5.74, 6) is 0. The molecule has 0 saturated carbocycles. The van der Waals surface area contributed by atoms with E-state index in [9.17, 15) is 0 Å². The summed E-state index contributed by atoms with van der Waals surface area (Å²) >= 11 is 0. The van der Waals surface area contributed by atoms with Crippen LogP contribution >= 0.6 is 0 Å². The minimum atomic E-state index is -0.374. The summed E-state index contributed by atoms with van der Waals surface area (Å²) in [7, 11) is 55.7. The highest BCUT2D eigenvalue weighted by Crippen LogP contribution is 2.52. The lowest BCUT2D eigenvalue weighted by molar-refractivity contribution is 0.661. The van der Waals surface area contributed by atoms with Crippen LogP contribution < -0.4 is 43.7 Å². The predicted octanol–water partition coefficient (Wildman–Crippen LogP) is 4.70. The number of hydrogen-bond donors (Lipinski definition) is 0. The predicted molar refractivity (Wildman–Crippen MR) is 263 cm³/mol. The van der Waals surface area contributed by atoms with Crippen LogP contribution in [0.2, 0.25) is 0 Å². The molecule has 0 saturated heterocycles. The highest BCUT2D eigenvalue weighted by atomic mass is 16.3. The zero-order valence-electron chi connectivity index (χ0n) is 33.1. The summed E-state index contributed by atoms with van der Waals surface area (Å²) in [5, 5.41) is 6.09. The standard InChI is InChI=1S/C51H26B8O/c1-51(2)32-21-25(23-9-4-3-5-10-23)16-18-28(32)29-19-17-26(22-33(29)51)35-38-40(44(54)48(58)46(56)42(38)52)37(41-39(35)43(53)47(57)49(59)45(41)55)30-13-8-14-34-36(30)31-20-15-24-11-6-7-12-27(24)50(31)60-34/h3-22H,1-2H3. The zero-order valence-corrected chi connectivity index (χ0v) is 33.1. The summed E-state index contributed by atoms with van der Waals surface area (Å²) < 4.78 is 6.66. The Morgan fingerprint density at radius 3 is 1.53 bits per heavy atom. The number of furan rings is 1. The van der Waals surface area contributed by atoms with Crippen molar-refractivity contribution in [3.63, 3.8) is 0 Å². The van der Waals surface area contributed by atoms with Crippen molar-refractivity contribution >= 4 is 161 Å². The molecule has 1 aliphatic rings. The monoisotopic (exact) mass is 742 g/mol. The Morgan fingerprint density at radius 2 is 0.917 bits per heavy atom. The first-order valence-corrected chi connectivity index (χ1v) is 19.8. The van der Waals surface area contributed by atoms with Crippen molar-refractivity contribution in [1.29, 1.82) is 0 Å². The van der Waals surface area contributed by atoms with Crippen molar-refractivity contribution in [1.82, 2.24) is 0 Å². The van der Waals surface area contributed by atoms with E-state index in [0.29, 0.717) is 38.3 Å². The summed E-state index contributed by atoms with van der Waals surface area (Å²) in [4.78, 5) is 0. The van der Waals surface area contributed by atoms with E-state index >= 15 is 0 Å². The largest absolute Gasteiger partial charge is 0.455 e. The van der Waals surface area contributed by atoms with E-state index < -0.39 is 0 Å². The van der Waals surface area contributed by atoms with E-state index in [2.05, 4.69) is 98.8 Å². The molecule has 1 heterocycles. The maximum absolute atomic E-state index is 7.17. The minimum absolute atomic E-state index is 0.163. The second kappa shape index (κ2) is 13.0. The van der Waals surface area contributed by atoms with E-state index in [1.807, 2.05) is 36.4 Å². The molecule has 1 aromatic heterocycles. The van der Waals surface area contributed by atoms with Gasteiger partial charge in [0.25, 0.3) is 0 Å². The SMILES string of the molecule is [B]c1c([B])c([B])c2c(-c3cccc4oc5c6ccccc6ccc5c34)c3c([B])c([B])c([B])c([B])c3c(-c3ccc4c(c3)C(C)(C)c3cc(-c5ccccc5)ccc3-4)c2c1[B]. The summed E-state index contributed by atoms with van der Waals surface area (Å²) in [6, 6.07) is 41.8. The van der Waals surface area contributed by atoms with E-state index in [1.54, 1.807) is 0 Å². The van der Waals surface area contributed by atoms with Gasteiger partial charge in [-0.15, -0.1) is 21.9 Å². The molecular formula is C51H26B8O. The number of benzene rings is 9. The first-order chi connectivity index (χ1) is 28.9. The maximum atomic E-state index is 7.17. The van der Waals surface area contributed by atoms with Gasteiger partial charge in [0.2, 0.25) is 0 Å². The minimum Gasteiger partial charge on any atom is -0.455 e. The maximum Gasteiger partial charge on any atom is 0.143 e. The molecule has 1 nitrogen and oxygen atoms in total. The second-order valence-corrected chi connectivity index (χ2v) is 16.5. The van der Waals surface area contributed by atoms with Gasteiger partial charge in [0.1, 0.15) is 73.9 Å². The highest BCUT2D eigenvalue weighted by molar-refractivity contribution is 6.71. The van der Waals surface area contributed by atoms with Crippen molar-refractivity contribution < 1.29 is 4.42 Å². The van der Waals surface area contributed by atoms with Gasteiger partial charge in [-0.25, -0.2) is 0 Å². The van der Waals surface area contributed by atoms with Gasteiger partial charge in [-0.2, -0.15) is 0 Å². The average Bonchev–Trinajstić information content (AvgIpc) is 3.77. The Kier molecular flexibility index (Phi) is 8.06. The van der Waals surface area contributed by atoms with Crippen LogP contribution in [-0.2, 0) is 5.41 Å². The highest BCUT2D eigenvalue weighted by Gasteiger charge is 2.36. The lowest BCUT2D eigenvalue weighted by Gasteiger charge is -2.29. The lowest BCUT2D eigenvalue weighted by atomic mass is 9.59. The zero-order chi connectivity index (χ0) is 41.5. The fourth-order valence-corrected chi connectivity index (χ4v) is 9.97. The van der Waals surface area contributed by atoms with Gasteiger partial charge in [0, 0.05) is 21.6 Å². The normalized spacial score (nSPS) is 13.2. The van der Waals surface area contributed by atoms with E-state index in [1.165, 1.54) is 11.1 Å². The summed E-state index contributed by atoms with van der Waals surface area (Å²) in [6.07, 6.45) is 0. The Labute approximate surface area is 359 Å². The molecule has 0 atom stereocenters. The van der Waals surface area contributed by atoms with Crippen molar-refractivity contribution in [3.05, 3.63) is 132 Å². The van der Waals surface area contributed by atoms with Gasteiger partial charge in [0.05, 0.1) is 0 Å². The van der Waals surface area contributed by atoms with E-state index in [0.717, 1.165) is 60.5 Å². The second-order valence-electron chi connectivity index (χ2n) is 16.5.